The Kier molecular flexibility index (Phi) is 7.98. The zero-order valence-corrected chi connectivity index (χ0v) is 9.47. The number of ether oxygens (including phenoxy) is 1. The van der Waals surface area contributed by atoms with Crippen molar-refractivity contribution in [1.29, 1.82) is 0 Å². The largest absolute Gasteiger partial charge is 0.665 e. The molecule has 0 saturated heterocycles. The number of benzene rings is 1. The van der Waals surface area contributed by atoms with Crippen molar-refractivity contribution < 1.29 is 14.2 Å². The van der Waals surface area contributed by atoms with E-state index in [2.05, 4.69) is 4.74 Å². The van der Waals surface area contributed by atoms with Crippen LogP contribution in [0.3, 0.4) is 0 Å². The van der Waals surface area contributed by atoms with Crippen molar-refractivity contribution in [2.45, 2.75) is 19.3 Å². The summed E-state index contributed by atoms with van der Waals surface area (Å²) in [6.45, 7) is 1.44. The first-order valence-electron chi connectivity index (χ1n) is 4.88. The molecule has 0 aliphatic rings. The normalized spacial score (nSPS) is 10.4. The summed E-state index contributed by atoms with van der Waals surface area (Å²) in [4.78, 5) is 10.9. The molecule has 0 saturated carbocycles. The summed E-state index contributed by atoms with van der Waals surface area (Å²) in [5, 5.41) is 0. The Hall–Kier alpha value is -1.49. The van der Waals surface area contributed by atoms with Crippen LogP contribution in [0, 0.1) is 0 Å². The fourth-order valence-electron chi connectivity index (χ4n) is 1.08. The van der Waals surface area contributed by atoms with Gasteiger partial charge in [0.05, 0.1) is 7.11 Å². The molecule has 0 amide bonds. The number of esters is 1. The molecule has 1 N–H and O–H groups in total. The Morgan fingerprint density at radius 2 is 1.94 bits per heavy atom. The van der Waals surface area contributed by atoms with E-state index in [1.165, 1.54) is 13.9 Å². The van der Waals surface area contributed by atoms with Gasteiger partial charge in [-0.2, -0.15) is 0 Å². The number of nitrogens with one attached hydrogen (secondary N) is 1. The van der Waals surface area contributed by atoms with Gasteiger partial charge in [-0.15, -0.1) is 0 Å². The molecule has 0 aromatic heterocycles. The van der Waals surface area contributed by atoms with Crippen molar-refractivity contribution in [3.63, 3.8) is 0 Å². The van der Waals surface area contributed by atoms with Gasteiger partial charge in [-0.25, -0.2) is 0 Å². The van der Waals surface area contributed by atoms with Crippen LogP contribution in [0.4, 0.5) is 0 Å². The average Bonchev–Trinajstić information content (AvgIpc) is 2.30. The van der Waals surface area contributed by atoms with Crippen LogP contribution in [0.25, 0.3) is 5.73 Å². The van der Waals surface area contributed by atoms with E-state index >= 15 is 0 Å². The van der Waals surface area contributed by atoms with Gasteiger partial charge >= 0.3 is 18.7 Å². The standard InChI is InChI=1S/C10H12NO2.CH3BO/c1-13-10(12)9(11)7-8-5-3-2-4-6-8;1-2-3/h2-6,9,11H,7H2,1H3;1H3/q-1;. The number of methoxy groups -OCH3 is 1. The maximum atomic E-state index is 10.9. The third kappa shape index (κ3) is 6.08. The average molecular weight is 220 g/mol. The maximum Gasteiger partial charge on any atom is 0.287 e. The predicted octanol–water partition coefficient (Wildman–Crippen LogP) is 1.91. The molecule has 1 rings (SSSR count). The second-order valence-corrected chi connectivity index (χ2v) is 3.00. The predicted molar refractivity (Wildman–Crippen MR) is 62.6 cm³/mol. The first kappa shape index (κ1) is 14.5. The second kappa shape index (κ2) is 8.79. The molecular weight excluding hydrogens is 205 g/mol. The Morgan fingerprint density at radius 1 is 1.44 bits per heavy atom. The van der Waals surface area contributed by atoms with Crippen molar-refractivity contribution in [3.05, 3.63) is 41.6 Å². The van der Waals surface area contributed by atoms with Gasteiger partial charge in [-0.05, 0) is 18.0 Å². The van der Waals surface area contributed by atoms with Crippen molar-refractivity contribution >= 4 is 13.1 Å². The van der Waals surface area contributed by atoms with Crippen molar-refractivity contribution in [2.75, 3.05) is 7.11 Å². The van der Waals surface area contributed by atoms with Gasteiger partial charge in [-0.3, -0.25) is 4.79 Å². The number of carbonyl (C=O) groups is 1. The zero-order valence-electron chi connectivity index (χ0n) is 9.47. The molecule has 0 aliphatic carbocycles. The topological polar surface area (TPSA) is 67.2 Å². The molecular formula is C11H15BNO3-. The van der Waals surface area contributed by atoms with E-state index in [0.717, 1.165) is 12.7 Å². The van der Waals surface area contributed by atoms with E-state index in [0.29, 0.717) is 6.42 Å². The molecule has 1 aromatic rings. The summed E-state index contributed by atoms with van der Waals surface area (Å²) in [5.41, 5.74) is 8.42. The summed E-state index contributed by atoms with van der Waals surface area (Å²) >= 11 is 0. The Labute approximate surface area is 96.0 Å². The molecule has 1 aromatic carbocycles. The summed E-state index contributed by atoms with van der Waals surface area (Å²) in [5.74, 6) is -0.483. The van der Waals surface area contributed by atoms with Crippen LogP contribution in [-0.4, -0.2) is 26.3 Å². The Morgan fingerprint density at radius 3 is 2.38 bits per heavy atom. The van der Waals surface area contributed by atoms with E-state index in [1.807, 2.05) is 30.3 Å². The first-order chi connectivity index (χ1) is 7.65. The van der Waals surface area contributed by atoms with Crippen LogP contribution in [0.15, 0.2) is 30.3 Å². The third-order valence-corrected chi connectivity index (χ3v) is 1.77. The summed E-state index contributed by atoms with van der Waals surface area (Å²) in [6, 6.07) is 8.65. The van der Waals surface area contributed by atoms with Gasteiger partial charge in [-0.1, -0.05) is 30.3 Å². The smallest absolute Gasteiger partial charge is 0.287 e. The molecule has 0 heterocycles. The van der Waals surface area contributed by atoms with Gasteiger partial charge in [0, 0.05) is 0 Å². The minimum Gasteiger partial charge on any atom is -0.665 e. The third-order valence-electron chi connectivity index (χ3n) is 1.77. The van der Waals surface area contributed by atoms with E-state index in [9.17, 15) is 4.79 Å². The van der Waals surface area contributed by atoms with Crippen LogP contribution >= 0.6 is 0 Å². The maximum absolute atomic E-state index is 10.9. The quantitative estimate of drug-likeness (QED) is 0.577. The molecule has 0 spiro atoms. The molecule has 1 atom stereocenters. The van der Waals surface area contributed by atoms with Crippen LogP contribution in [-0.2, 0) is 20.7 Å². The first-order valence-corrected chi connectivity index (χ1v) is 4.88. The fraction of sp³-hybridized carbons (Fsp3) is 0.364. The summed E-state index contributed by atoms with van der Waals surface area (Å²) in [7, 11) is 2.05. The molecule has 16 heavy (non-hydrogen) atoms. The van der Waals surface area contributed by atoms with Crippen LogP contribution in [0.5, 0.6) is 0 Å². The van der Waals surface area contributed by atoms with E-state index < -0.39 is 12.0 Å². The molecule has 0 radical (unpaired) electrons. The van der Waals surface area contributed by atoms with Crippen molar-refractivity contribution in [3.8, 4) is 0 Å². The molecule has 0 fully saturated rings. The van der Waals surface area contributed by atoms with E-state index in [4.69, 9.17) is 10.4 Å². The van der Waals surface area contributed by atoms with Crippen molar-refractivity contribution in [1.82, 2.24) is 0 Å². The van der Waals surface area contributed by atoms with E-state index in [1.54, 1.807) is 0 Å². The van der Waals surface area contributed by atoms with E-state index in [-0.39, 0.29) is 0 Å². The SMILES string of the molecule is CB=O.COC(=O)C([NH-])Cc1ccccc1. The van der Waals surface area contributed by atoms with Gasteiger partial charge in [0.15, 0.2) is 0 Å². The number of hydrogen-bond donors (Lipinski definition) is 0. The Balaban J connectivity index is 0.000000673. The second-order valence-electron chi connectivity index (χ2n) is 3.00. The van der Waals surface area contributed by atoms with Crippen molar-refractivity contribution in [2.24, 2.45) is 0 Å². The summed E-state index contributed by atoms with van der Waals surface area (Å²) in [6.07, 6.45) is 0.410. The number of rotatable bonds is 3. The molecule has 4 nitrogen and oxygen atoms in total. The Bertz CT molecular complexity index is 316. The monoisotopic (exact) mass is 220 g/mol. The minimum absolute atomic E-state index is 0.410. The van der Waals surface area contributed by atoms with Gasteiger partial charge in [0.25, 0.3) is 5.97 Å². The van der Waals surface area contributed by atoms with Crippen LogP contribution in [0.1, 0.15) is 5.56 Å². The molecule has 5 heteroatoms. The van der Waals surface area contributed by atoms with Crippen LogP contribution < -0.4 is 0 Å². The van der Waals surface area contributed by atoms with Gasteiger partial charge in [0.2, 0.25) is 0 Å². The van der Waals surface area contributed by atoms with Gasteiger partial charge in [0.1, 0.15) is 0 Å². The molecule has 0 bridgehead atoms. The minimum atomic E-state index is -0.813. The molecule has 86 valence electrons. The summed E-state index contributed by atoms with van der Waals surface area (Å²) < 4.78 is 13.3. The fourth-order valence-corrected chi connectivity index (χ4v) is 1.08. The molecule has 1 unspecified atom stereocenters. The van der Waals surface area contributed by atoms with Crippen LogP contribution in [0.2, 0.25) is 6.82 Å². The molecule has 0 aliphatic heterocycles. The number of hydrogen-bond acceptors (Lipinski definition) is 3. The zero-order chi connectivity index (χ0) is 12.4. The van der Waals surface area contributed by atoms with Gasteiger partial charge < -0.3 is 10.5 Å². The number of carbonyl (C=O) groups excluding carboxylic acids is 1.